The Morgan fingerprint density at radius 3 is 1.04 bits per heavy atom. The molecule has 0 fully saturated rings. The van der Waals surface area contributed by atoms with E-state index in [0.717, 1.165) is 54.4 Å². The Morgan fingerprint density at radius 2 is 0.745 bits per heavy atom. The van der Waals surface area contributed by atoms with Gasteiger partial charge < -0.3 is 0 Å². The van der Waals surface area contributed by atoms with Crippen LogP contribution in [0.15, 0.2) is 97.1 Å². The second-order valence-corrected chi connectivity index (χ2v) is 16.6. The molecule has 0 saturated heterocycles. The van der Waals surface area contributed by atoms with Crippen LogP contribution in [0.25, 0.3) is 54.4 Å². The van der Waals surface area contributed by atoms with Crippen LogP contribution in [0.3, 0.4) is 0 Å². The smallest absolute Gasteiger partial charge is 0.109 e. The van der Waals surface area contributed by atoms with Gasteiger partial charge in [0.15, 0.2) is 0 Å². The molecule has 3 nitrogen and oxygen atoms in total. The van der Waals surface area contributed by atoms with E-state index in [4.69, 9.17) is 9.97 Å². The third-order valence-corrected chi connectivity index (χ3v) is 10.1. The van der Waals surface area contributed by atoms with E-state index in [0.29, 0.717) is 5.56 Å². The number of hydrogen-bond acceptors (Lipinski definition) is 4. The number of nitrogens with zero attached hydrogens (tertiary/aromatic N) is 3. The summed E-state index contributed by atoms with van der Waals surface area (Å²) in [6, 6.07) is 36.5. The molecule has 47 heavy (non-hydrogen) atoms. The summed E-state index contributed by atoms with van der Waals surface area (Å²) in [6.07, 6.45) is 0. The van der Waals surface area contributed by atoms with Gasteiger partial charge in [-0.1, -0.05) is 147 Å². The van der Waals surface area contributed by atoms with Crippen molar-refractivity contribution >= 4 is 22.4 Å². The molecule has 0 amide bonds. The van der Waals surface area contributed by atoms with Crippen LogP contribution in [0, 0.1) is 11.3 Å². The predicted octanol–water partition coefficient (Wildman–Crippen LogP) is 12.1. The summed E-state index contributed by atoms with van der Waals surface area (Å²) in [5.74, 6) is 0. The van der Waals surface area contributed by atoms with Crippen molar-refractivity contribution in [2.24, 2.45) is 0 Å². The number of rotatable bonds is 4. The van der Waals surface area contributed by atoms with Gasteiger partial charge in [0.2, 0.25) is 0 Å². The quantitative estimate of drug-likeness (QED) is 0.194. The molecule has 0 atom stereocenters. The Balaban J connectivity index is 1.64. The van der Waals surface area contributed by atoms with Crippen LogP contribution in [0.5, 0.6) is 0 Å². The van der Waals surface area contributed by atoms with Gasteiger partial charge in [0.05, 0.1) is 32.8 Å². The monoisotopic (exact) mass is 633 g/mol. The van der Waals surface area contributed by atoms with E-state index < -0.39 is 0 Å². The topological polar surface area (TPSA) is 49.6 Å². The van der Waals surface area contributed by atoms with Gasteiger partial charge in [-0.25, -0.2) is 9.97 Å². The standard InChI is InChI=1S/C43H43N3S/c1-41(2,3)32-20-14-29(15-21-32)36-35(28-12-10-27(26-44)11-13-28)45-37-38(46-36)40(31-18-24-34(25-19-31)43(7,8)9)47-39(37)30-16-22-33(23-17-30)42(4,5)6/h10-25H,1-9H3. The van der Waals surface area contributed by atoms with Crippen LogP contribution in [-0.4, -0.2) is 9.97 Å². The van der Waals surface area contributed by atoms with Crippen molar-refractivity contribution in [1.82, 2.24) is 9.97 Å². The maximum Gasteiger partial charge on any atom is 0.109 e. The number of hydrogen-bond donors (Lipinski definition) is 0. The first kappa shape index (κ1) is 32.4. The molecule has 0 bridgehead atoms. The van der Waals surface area contributed by atoms with Crippen molar-refractivity contribution in [3.05, 3.63) is 119 Å². The lowest BCUT2D eigenvalue weighted by molar-refractivity contribution is 0.590. The lowest BCUT2D eigenvalue weighted by Gasteiger charge is -2.19. The maximum absolute atomic E-state index is 9.49. The molecule has 4 aromatic carbocycles. The van der Waals surface area contributed by atoms with E-state index in [1.165, 1.54) is 16.7 Å². The highest BCUT2D eigenvalue weighted by molar-refractivity contribution is 7.20. The van der Waals surface area contributed by atoms with Crippen molar-refractivity contribution in [2.45, 2.75) is 78.6 Å². The highest BCUT2D eigenvalue weighted by Gasteiger charge is 2.24. The van der Waals surface area contributed by atoms with Crippen LogP contribution < -0.4 is 0 Å². The average Bonchev–Trinajstić information content (AvgIpc) is 3.42. The zero-order valence-corrected chi connectivity index (χ0v) is 29.8. The average molecular weight is 634 g/mol. The van der Waals surface area contributed by atoms with E-state index >= 15 is 0 Å². The molecular formula is C43H43N3S. The summed E-state index contributed by atoms with van der Waals surface area (Å²) in [4.78, 5) is 13.2. The molecule has 0 N–H and O–H groups in total. The molecule has 0 aliphatic carbocycles. The Hall–Kier alpha value is -4.59. The molecule has 0 saturated carbocycles. The van der Waals surface area contributed by atoms with Crippen LogP contribution in [-0.2, 0) is 16.2 Å². The van der Waals surface area contributed by atoms with Crippen LogP contribution in [0.1, 0.15) is 84.6 Å². The fourth-order valence-corrected chi connectivity index (χ4v) is 7.01. The van der Waals surface area contributed by atoms with Crippen LogP contribution in [0.4, 0.5) is 0 Å². The minimum Gasteiger partial charge on any atom is -0.242 e. The number of fused-ring (bicyclic) bond motifs is 1. The summed E-state index contributed by atoms with van der Waals surface area (Å²) in [7, 11) is 0. The number of nitriles is 1. The van der Waals surface area contributed by atoms with Crippen LogP contribution >= 0.6 is 11.3 Å². The first-order valence-corrected chi connectivity index (χ1v) is 17.1. The largest absolute Gasteiger partial charge is 0.242 e. The van der Waals surface area contributed by atoms with Gasteiger partial charge in [0.25, 0.3) is 0 Å². The normalized spacial score (nSPS) is 12.3. The summed E-state index contributed by atoms with van der Waals surface area (Å²) < 4.78 is 0. The molecule has 0 unspecified atom stereocenters. The molecule has 2 heterocycles. The molecule has 2 aromatic heterocycles. The maximum atomic E-state index is 9.49. The molecule has 6 aromatic rings. The Morgan fingerprint density at radius 1 is 0.447 bits per heavy atom. The molecular weight excluding hydrogens is 591 g/mol. The lowest BCUT2D eigenvalue weighted by atomic mass is 9.86. The van der Waals surface area contributed by atoms with Crippen molar-refractivity contribution < 1.29 is 0 Å². The highest BCUT2D eigenvalue weighted by Crippen LogP contribution is 2.45. The van der Waals surface area contributed by atoms with Gasteiger partial charge in [-0.2, -0.15) is 5.26 Å². The summed E-state index contributed by atoms with van der Waals surface area (Å²) in [6.45, 7) is 20.2. The first-order chi connectivity index (χ1) is 22.1. The van der Waals surface area contributed by atoms with Gasteiger partial charge in [0, 0.05) is 11.1 Å². The van der Waals surface area contributed by atoms with Crippen molar-refractivity contribution in [3.8, 4) is 49.5 Å². The molecule has 0 spiro atoms. The Bertz CT molecular complexity index is 2090. The summed E-state index contributed by atoms with van der Waals surface area (Å²) >= 11 is 1.76. The number of aromatic nitrogens is 2. The molecule has 0 aliphatic rings. The molecule has 236 valence electrons. The minimum absolute atomic E-state index is 0.0430. The zero-order valence-electron chi connectivity index (χ0n) is 29.0. The first-order valence-electron chi connectivity index (χ1n) is 16.3. The Kier molecular flexibility index (Phi) is 8.19. The van der Waals surface area contributed by atoms with Crippen molar-refractivity contribution in [2.75, 3.05) is 0 Å². The number of benzene rings is 4. The van der Waals surface area contributed by atoms with E-state index in [-0.39, 0.29) is 16.2 Å². The number of thiophene rings is 1. The minimum atomic E-state index is 0.0430. The summed E-state index contributed by atoms with van der Waals surface area (Å²) in [5, 5.41) is 9.49. The fraction of sp³-hybridized carbons (Fsp3) is 0.279. The van der Waals surface area contributed by atoms with E-state index in [9.17, 15) is 5.26 Å². The van der Waals surface area contributed by atoms with Gasteiger partial charge in [-0.15, -0.1) is 11.3 Å². The Labute approximate surface area is 284 Å². The third kappa shape index (κ3) is 6.51. The van der Waals surface area contributed by atoms with E-state index in [1.807, 2.05) is 24.3 Å². The van der Waals surface area contributed by atoms with Crippen LogP contribution in [0.2, 0.25) is 0 Å². The lowest BCUT2D eigenvalue weighted by Crippen LogP contribution is -2.10. The second-order valence-electron chi connectivity index (χ2n) is 15.5. The predicted molar refractivity (Wildman–Crippen MR) is 200 cm³/mol. The fourth-order valence-electron chi connectivity index (χ4n) is 5.82. The van der Waals surface area contributed by atoms with Gasteiger partial charge in [0.1, 0.15) is 11.0 Å². The third-order valence-electron chi connectivity index (χ3n) is 8.87. The van der Waals surface area contributed by atoms with Crippen molar-refractivity contribution in [3.63, 3.8) is 0 Å². The molecule has 6 rings (SSSR count). The molecule has 4 heteroatoms. The van der Waals surface area contributed by atoms with Gasteiger partial charge in [-0.3, -0.25) is 0 Å². The molecule has 0 aliphatic heterocycles. The van der Waals surface area contributed by atoms with E-state index in [1.54, 1.807) is 11.3 Å². The zero-order chi connectivity index (χ0) is 33.7. The second kappa shape index (κ2) is 11.9. The van der Waals surface area contributed by atoms with E-state index in [2.05, 4.69) is 141 Å². The SMILES string of the molecule is CC(C)(C)c1ccc(-c2nc3c(-c4ccc(C(C)(C)C)cc4)sc(-c4ccc(C(C)(C)C)cc4)c3nc2-c2ccc(C#N)cc2)cc1. The molecule has 0 radical (unpaired) electrons. The van der Waals surface area contributed by atoms with Gasteiger partial charge >= 0.3 is 0 Å². The van der Waals surface area contributed by atoms with Crippen molar-refractivity contribution in [1.29, 1.82) is 5.26 Å². The highest BCUT2D eigenvalue weighted by atomic mass is 32.1. The summed E-state index contributed by atoms with van der Waals surface area (Å²) in [5.41, 5.74) is 12.3. The van der Waals surface area contributed by atoms with Gasteiger partial charge in [-0.05, 0) is 56.2 Å².